The first-order valence-corrected chi connectivity index (χ1v) is 6.15. The van der Waals surface area contributed by atoms with Gasteiger partial charge in [0.1, 0.15) is 0 Å². The van der Waals surface area contributed by atoms with Crippen LogP contribution >= 0.6 is 11.6 Å². The molecule has 5 nitrogen and oxygen atoms in total. The summed E-state index contributed by atoms with van der Waals surface area (Å²) in [5.41, 5.74) is 0.00882. The summed E-state index contributed by atoms with van der Waals surface area (Å²) in [6.07, 6.45) is -3.70. The number of aromatic nitrogens is 2. The molecule has 0 aliphatic heterocycles. The zero-order chi connectivity index (χ0) is 16.3. The van der Waals surface area contributed by atoms with Crippen molar-refractivity contribution in [3.05, 3.63) is 41.3 Å². The van der Waals surface area contributed by atoms with Crippen molar-refractivity contribution < 1.29 is 27.4 Å². The van der Waals surface area contributed by atoms with E-state index < -0.39 is 18.1 Å². The lowest BCUT2D eigenvalue weighted by Gasteiger charge is -2.14. The van der Waals surface area contributed by atoms with Crippen molar-refractivity contribution in [3.8, 4) is 17.0 Å². The van der Waals surface area contributed by atoms with Gasteiger partial charge >= 0.3 is 12.3 Å². The summed E-state index contributed by atoms with van der Waals surface area (Å²) in [4.78, 5) is 18.9. The molecule has 0 N–H and O–H groups in total. The minimum Gasteiger partial charge on any atom is -0.463 e. The Morgan fingerprint density at radius 2 is 2.00 bits per heavy atom. The van der Waals surface area contributed by atoms with Crippen LogP contribution in [0.1, 0.15) is 10.6 Å². The minimum absolute atomic E-state index is 0.0302. The Morgan fingerprint density at radius 1 is 1.27 bits per heavy atom. The van der Waals surface area contributed by atoms with Gasteiger partial charge < -0.3 is 9.47 Å². The molecule has 0 spiro atoms. The number of rotatable bonds is 3. The van der Waals surface area contributed by atoms with Crippen LogP contribution in [0.3, 0.4) is 0 Å². The van der Waals surface area contributed by atoms with Crippen LogP contribution in [0, 0.1) is 0 Å². The second kappa shape index (κ2) is 6.18. The minimum atomic E-state index is -4.92. The molecule has 0 atom stereocenters. The largest absolute Gasteiger partial charge is 0.573 e. The first-order valence-electron chi connectivity index (χ1n) is 5.78. The third-order valence-electron chi connectivity index (χ3n) is 2.48. The number of ether oxygens (including phenoxy) is 2. The molecule has 116 valence electrons. The molecule has 0 unspecified atom stereocenters. The number of nitrogens with zero attached hydrogens (tertiary/aromatic N) is 2. The lowest BCUT2D eigenvalue weighted by molar-refractivity contribution is -0.274. The van der Waals surface area contributed by atoms with Crippen LogP contribution in [0.15, 0.2) is 30.5 Å². The van der Waals surface area contributed by atoms with E-state index in [0.717, 1.165) is 7.11 Å². The van der Waals surface area contributed by atoms with Gasteiger partial charge in [-0.2, -0.15) is 0 Å². The lowest BCUT2D eigenvalue weighted by Crippen LogP contribution is -2.18. The van der Waals surface area contributed by atoms with E-state index in [2.05, 4.69) is 19.4 Å². The summed E-state index contributed by atoms with van der Waals surface area (Å²) in [5.74, 6) is -1.72. The third-order valence-corrected chi connectivity index (χ3v) is 2.78. The van der Waals surface area contributed by atoms with Gasteiger partial charge in [0.25, 0.3) is 0 Å². The molecule has 0 saturated heterocycles. The zero-order valence-corrected chi connectivity index (χ0v) is 11.8. The first-order chi connectivity index (χ1) is 10.3. The molecule has 0 aliphatic carbocycles. The quantitative estimate of drug-likeness (QED) is 0.805. The lowest BCUT2D eigenvalue weighted by atomic mass is 10.1. The molecule has 1 heterocycles. The van der Waals surface area contributed by atoms with Crippen molar-refractivity contribution in [3.63, 3.8) is 0 Å². The van der Waals surface area contributed by atoms with E-state index >= 15 is 0 Å². The van der Waals surface area contributed by atoms with Gasteiger partial charge in [-0.05, 0) is 18.2 Å². The molecular weight excluding hydrogens is 325 g/mol. The number of halogens is 4. The van der Waals surface area contributed by atoms with Gasteiger partial charge in [-0.15, -0.1) is 13.2 Å². The Hall–Kier alpha value is -2.35. The Kier molecular flexibility index (Phi) is 4.51. The maximum atomic E-state index is 12.5. The summed E-state index contributed by atoms with van der Waals surface area (Å²) >= 11 is 5.75. The van der Waals surface area contributed by atoms with E-state index in [0.29, 0.717) is 0 Å². The molecule has 0 amide bonds. The SMILES string of the molecule is COC(=O)c1nccc(-c2cccc(Cl)c2OC(F)(F)F)n1. The van der Waals surface area contributed by atoms with Crippen molar-refractivity contribution >= 4 is 17.6 Å². The predicted molar refractivity (Wildman–Crippen MR) is 70.5 cm³/mol. The Balaban J connectivity index is 2.53. The molecule has 9 heteroatoms. The second-order valence-electron chi connectivity index (χ2n) is 3.92. The summed E-state index contributed by atoms with van der Waals surface area (Å²) in [6.45, 7) is 0. The van der Waals surface area contributed by atoms with Crippen molar-refractivity contribution in [2.24, 2.45) is 0 Å². The highest BCUT2D eigenvalue weighted by Crippen LogP contribution is 2.38. The molecule has 1 aromatic carbocycles. The summed E-state index contributed by atoms with van der Waals surface area (Å²) in [6, 6.07) is 5.33. The molecule has 0 aliphatic rings. The van der Waals surface area contributed by atoms with Gasteiger partial charge in [0.2, 0.25) is 5.82 Å². The smallest absolute Gasteiger partial charge is 0.463 e. The van der Waals surface area contributed by atoms with Crippen LogP contribution in [0.4, 0.5) is 13.2 Å². The van der Waals surface area contributed by atoms with Crippen LogP contribution in [0.5, 0.6) is 5.75 Å². The van der Waals surface area contributed by atoms with Gasteiger partial charge in [-0.1, -0.05) is 17.7 Å². The first kappa shape index (κ1) is 16.0. The number of hydrogen-bond donors (Lipinski definition) is 0. The fourth-order valence-corrected chi connectivity index (χ4v) is 1.84. The van der Waals surface area contributed by atoms with E-state index in [1.54, 1.807) is 0 Å². The van der Waals surface area contributed by atoms with Gasteiger partial charge in [0, 0.05) is 11.8 Å². The number of methoxy groups -OCH3 is 1. The van der Waals surface area contributed by atoms with Crippen LogP contribution in [-0.2, 0) is 4.74 Å². The van der Waals surface area contributed by atoms with Crippen molar-refractivity contribution in [2.45, 2.75) is 6.36 Å². The molecule has 2 rings (SSSR count). The van der Waals surface area contributed by atoms with E-state index in [-0.39, 0.29) is 22.1 Å². The molecular formula is C13H8ClF3N2O3. The average Bonchev–Trinajstić information content (AvgIpc) is 2.47. The van der Waals surface area contributed by atoms with E-state index in [1.807, 2.05) is 0 Å². The molecule has 0 bridgehead atoms. The Bertz CT molecular complexity index is 707. The predicted octanol–water partition coefficient (Wildman–Crippen LogP) is 3.48. The summed E-state index contributed by atoms with van der Waals surface area (Å²) < 4.78 is 45.9. The maximum Gasteiger partial charge on any atom is 0.573 e. The number of hydrogen-bond acceptors (Lipinski definition) is 5. The zero-order valence-electron chi connectivity index (χ0n) is 11.0. The molecule has 0 radical (unpaired) electrons. The van der Waals surface area contributed by atoms with Gasteiger partial charge in [-0.25, -0.2) is 14.8 Å². The topological polar surface area (TPSA) is 61.3 Å². The number of para-hydroxylation sites is 1. The number of carbonyl (C=O) groups is 1. The Labute approximate surface area is 127 Å². The maximum absolute atomic E-state index is 12.5. The number of esters is 1. The highest BCUT2D eigenvalue weighted by Gasteiger charge is 2.33. The van der Waals surface area contributed by atoms with Gasteiger partial charge in [0.05, 0.1) is 17.8 Å². The average molecular weight is 333 g/mol. The van der Waals surface area contributed by atoms with Crippen LogP contribution < -0.4 is 4.74 Å². The van der Waals surface area contributed by atoms with Crippen LogP contribution in [-0.4, -0.2) is 29.4 Å². The van der Waals surface area contributed by atoms with Gasteiger partial charge in [-0.3, -0.25) is 0 Å². The van der Waals surface area contributed by atoms with Crippen LogP contribution in [0.2, 0.25) is 5.02 Å². The van der Waals surface area contributed by atoms with Crippen molar-refractivity contribution in [1.29, 1.82) is 0 Å². The fraction of sp³-hybridized carbons (Fsp3) is 0.154. The highest BCUT2D eigenvalue weighted by atomic mass is 35.5. The third kappa shape index (κ3) is 3.64. The van der Waals surface area contributed by atoms with Crippen LogP contribution in [0.25, 0.3) is 11.3 Å². The summed E-state index contributed by atoms with van der Waals surface area (Å²) in [5, 5.41) is -0.243. The molecule has 0 fully saturated rings. The second-order valence-corrected chi connectivity index (χ2v) is 4.33. The Morgan fingerprint density at radius 3 is 2.64 bits per heavy atom. The molecule has 1 aromatic heterocycles. The number of benzene rings is 1. The van der Waals surface area contributed by atoms with E-state index in [1.165, 1.54) is 30.5 Å². The van der Waals surface area contributed by atoms with E-state index in [9.17, 15) is 18.0 Å². The monoisotopic (exact) mass is 332 g/mol. The molecule has 2 aromatic rings. The normalized spacial score (nSPS) is 11.1. The summed E-state index contributed by atoms with van der Waals surface area (Å²) in [7, 11) is 1.13. The number of carbonyl (C=O) groups excluding carboxylic acids is 1. The van der Waals surface area contributed by atoms with Crippen molar-refractivity contribution in [1.82, 2.24) is 9.97 Å². The fourth-order valence-electron chi connectivity index (χ4n) is 1.63. The number of alkyl halides is 3. The van der Waals surface area contributed by atoms with Gasteiger partial charge in [0.15, 0.2) is 5.75 Å². The highest BCUT2D eigenvalue weighted by molar-refractivity contribution is 6.32. The molecule has 22 heavy (non-hydrogen) atoms. The van der Waals surface area contributed by atoms with E-state index in [4.69, 9.17) is 11.6 Å². The standard InChI is InChI=1S/C13H8ClF3N2O3/c1-21-12(20)11-18-6-5-9(19-11)7-3-2-4-8(14)10(7)22-13(15,16)17/h2-6H,1H3. The van der Waals surface area contributed by atoms with Crippen molar-refractivity contribution in [2.75, 3.05) is 7.11 Å². The molecule has 0 saturated carbocycles.